The minimum atomic E-state index is -0.799. The van der Waals surface area contributed by atoms with Gasteiger partial charge in [0.2, 0.25) is 0 Å². The zero-order chi connectivity index (χ0) is 26.0. The first kappa shape index (κ1) is 25.2. The van der Waals surface area contributed by atoms with Gasteiger partial charge in [-0.25, -0.2) is 0 Å². The van der Waals surface area contributed by atoms with Crippen LogP contribution in [0.1, 0.15) is 62.4 Å². The van der Waals surface area contributed by atoms with E-state index in [1.807, 2.05) is 62.4 Å². The minimum absolute atomic E-state index is 0.0527. The number of aryl methyl sites for hydroxylation is 1. The second-order valence-electron chi connectivity index (χ2n) is 10.2. The summed E-state index contributed by atoms with van der Waals surface area (Å²) in [5.74, 6) is -1.08. The van der Waals surface area contributed by atoms with Gasteiger partial charge in [0.05, 0.1) is 23.9 Å². The summed E-state index contributed by atoms with van der Waals surface area (Å²) in [5, 5.41) is 11.3. The number of amides is 1. The zero-order valence-electron chi connectivity index (χ0n) is 21.5. The average Bonchev–Trinajstić information content (AvgIpc) is 3.12. The largest absolute Gasteiger partial charge is 0.507 e. The monoisotopic (exact) mass is 483 g/mol. The third-order valence-electron chi connectivity index (χ3n) is 6.45. The summed E-state index contributed by atoms with van der Waals surface area (Å²) < 4.78 is 5.94. The molecule has 1 N–H and O–H groups in total. The van der Waals surface area contributed by atoms with E-state index in [1.165, 1.54) is 4.90 Å². The van der Waals surface area contributed by atoms with Crippen LogP contribution in [0.5, 0.6) is 5.75 Å². The van der Waals surface area contributed by atoms with Crippen molar-refractivity contribution in [1.29, 1.82) is 0 Å². The SMILES string of the molecule is CCCOc1ccccc1N1C(=O)C(=O)/C(=C(\O)c2ccc(C)cc2)C1c1ccc(C(C)(C)C)cc1. The molecule has 1 aliphatic rings. The molecule has 1 atom stereocenters. The lowest BCUT2D eigenvalue weighted by molar-refractivity contribution is -0.132. The number of para-hydroxylation sites is 2. The summed E-state index contributed by atoms with van der Waals surface area (Å²) in [6.45, 7) is 10.8. The van der Waals surface area contributed by atoms with Crippen LogP contribution in [0.15, 0.2) is 78.4 Å². The van der Waals surface area contributed by atoms with Gasteiger partial charge in [0.15, 0.2) is 0 Å². The van der Waals surface area contributed by atoms with E-state index >= 15 is 0 Å². The molecule has 0 bridgehead atoms. The summed E-state index contributed by atoms with van der Waals surface area (Å²) in [5.41, 5.74) is 3.91. The summed E-state index contributed by atoms with van der Waals surface area (Å²) in [4.78, 5) is 28.4. The average molecular weight is 484 g/mol. The van der Waals surface area contributed by atoms with Crippen molar-refractivity contribution >= 4 is 23.1 Å². The molecule has 36 heavy (non-hydrogen) atoms. The molecular formula is C31H33NO4. The minimum Gasteiger partial charge on any atom is -0.507 e. The molecule has 0 radical (unpaired) electrons. The molecule has 4 rings (SSSR count). The predicted molar refractivity (Wildman–Crippen MR) is 143 cm³/mol. The first-order valence-corrected chi connectivity index (χ1v) is 12.3. The number of hydrogen-bond donors (Lipinski definition) is 1. The number of carbonyl (C=O) groups excluding carboxylic acids is 2. The maximum Gasteiger partial charge on any atom is 0.300 e. The molecule has 5 nitrogen and oxygen atoms in total. The van der Waals surface area contributed by atoms with Gasteiger partial charge in [-0.3, -0.25) is 14.5 Å². The molecule has 5 heteroatoms. The highest BCUT2D eigenvalue weighted by Crippen LogP contribution is 2.45. The fourth-order valence-electron chi connectivity index (χ4n) is 4.42. The molecule has 186 valence electrons. The number of anilines is 1. The van der Waals surface area contributed by atoms with Crippen molar-refractivity contribution in [2.24, 2.45) is 0 Å². The van der Waals surface area contributed by atoms with Crippen molar-refractivity contribution in [3.05, 3.63) is 101 Å². The molecule has 1 heterocycles. The number of ketones is 1. The highest BCUT2D eigenvalue weighted by molar-refractivity contribution is 6.51. The van der Waals surface area contributed by atoms with Gasteiger partial charge >= 0.3 is 0 Å². The molecule has 1 aliphatic heterocycles. The Labute approximate surface area is 213 Å². The first-order chi connectivity index (χ1) is 17.1. The summed E-state index contributed by atoms with van der Waals surface area (Å²) >= 11 is 0. The van der Waals surface area contributed by atoms with Crippen molar-refractivity contribution in [1.82, 2.24) is 0 Å². The van der Waals surface area contributed by atoms with Crippen LogP contribution in [0.4, 0.5) is 5.69 Å². The third kappa shape index (κ3) is 4.78. The van der Waals surface area contributed by atoms with Gasteiger partial charge in [-0.15, -0.1) is 0 Å². The van der Waals surface area contributed by atoms with Crippen molar-refractivity contribution < 1.29 is 19.4 Å². The molecule has 0 aromatic heterocycles. The number of carbonyl (C=O) groups is 2. The van der Waals surface area contributed by atoms with Crippen LogP contribution < -0.4 is 9.64 Å². The predicted octanol–water partition coefficient (Wildman–Crippen LogP) is 6.71. The van der Waals surface area contributed by atoms with E-state index in [1.54, 1.807) is 24.3 Å². The molecule has 0 spiro atoms. The van der Waals surface area contributed by atoms with Crippen LogP contribution in [-0.2, 0) is 15.0 Å². The number of rotatable bonds is 6. The van der Waals surface area contributed by atoms with E-state index in [-0.39, 0.29) is 16.7 Å². The summed E-state index contributed by atoms with van der Waals surface area (Å²) in [7, 11) is 0. The maximum atomic E-state index is 13.5. The normalized spacial score (nSPS) is 17.5. The van der Waals surface area contributed by atoms with Crippen LogP contribution in [0.3, 0.4) is 0 Å². The Bertz CT molecular complexity index is 1300. The van der Waals surface area contributed by atoms with E-state index in [9.17, 15) is 14.7 Å². The lowest BCUT2D eigenvalue weighted by atomic mass is 9.85. The van der Waals surface area contributed by atoms with Crippen molar-refractivity contribution in [3.63, 3.8) is 0 Å². The van der Waals surface area contributed by atoms with E-state index in [2.05, 4.69) is 20.8 Å². The fourth-order valence-corrected chi connectivity index (χ4v) is 4.42. The highest BCUT2D eigenvalue weighted by Gasteiger charge is 2.47. The van der Waals surface area contributed by atoms with E-state index < -0.39 is 17.7 Å². The zero-order valence-corrected chi connectivity index (χ0v) is 21.5. The summed E-state index contributed by atoms with van der Waals surface area (Å²) in [6, 6.07) is 21.6. The fraction of sp³-hybridized carbons (Fsp3) is 0.290. The standard InChI is InChI=1S/C31H33NO4/c1-6-19-36-25-10-8-7-9-24(25)32-27(21-15-17-23(18-16-21)31(3,4)5)26(29(34)30(32)35)28(33)22-13-11-20(2)12-14-22/h7-18,27,33H,6,19H2,1-5H3/b28-26-. The first-order valence-electron chi connectivity index (χ1n) is 12.3. The molecule has 0 saturated carbocycles. The Kier molecular flexibility index (Phi) is 7.02. The maximum absolute atomic E-state index is 13.5. The van der Waals surface area contributed by atoms with E-state index in [0.717, 1.165) is 23.1 Å². The molecular weight excluding hydrogens is 450 g/mol. The van der Waals surface area contributed by atoms with Gasteiger partial charge < -0.3 is 9.84 Å². The smallest absolute Gasteiger partial charge is 0.300 e. The van der Waals surface area contributed by atoms with Crippen molar-refractivity contribution in [3.8, 4) is 5.75 Å². The number of benzene rings is 3. The van der Waals surface area contributed by atoms with Gasteiger partial charge in [0, 0.05) is 5.56 Å². The Balaban J connectivity index is 1.93. The molecule has 1 saturated heterocycles. The molecule has 1 fully saturated rings. The second-order valence-corrected chi connectivity index (χ2v) is 10.2. The summed E-state index contributed by atoms with van der Waals surface area (Å²) in [6.07, 6.45) is 0.804. The van der Waals surface area contributed by atoms with Crippen LogP contribution in [0.2, 0.25) is 0 Å². The number of Topliss-reactive ketones (excluding diaryl/α,β-unsaturated/α-hetero) is 1. The third-order valence-corrected chi connectivity index (χ3v) is 6.45. The second kappa shape index (κ2) is 10.0. The van der Waals surface area contributed by atoms with Crippen LogP contribution in [0, 0.1) is 6.92 Å². The quantitative estimate of drug-likeness (QED) is 0.240. The highest BCUT2D eigenvalue weighted by atomic mass is 16.5. The number of hydrogen-bond acceptors (Lipinski definition) is 4. The Morgan fingerprint density at radius 2 is 1.58 bits per heavy atom. The molecule has 3 aromatic carbocycles. The molecule has 1 amide bonds. The van der Waals surface area contributed by atoms with Crippen molar-refractivity contribution in [2.45, 2.75) is 52.5 Å². The Hall–Kier alpha value is -3.86. The van der Waals surface area contributed by atoms with Crippen molar-refractivity contribution in [2.75, 3.05) is 11.5 Å². The van der Waals surface area contributed by atoms with E-state index in [0.29, 0.717) is 23.6 Å². The van der Waals surface area contributed by atoms with Gasteiger partial charge in [-0.05, 0) is 42.0 Å². The molecule has 1 unspecified atom stereocenters. The molecule has 0 aliphatic carbocycles. The lowest BCUT2D eigenvalue weighted by Gasteiger charge is -2.28. The number of ether oxygens (including phenoxy) is 1. The van der Waals surface area contributed by atoms with Gasteiger partial charge in [-0.2, -0.15) is 0 Å². The molecule has 3 aromatic rings. The topological polar surface area (TPSA) is 66.8 Å². The number of aliphatic hydroxyl groups is 1. The Morgan fingerprint density at radius 3 is 2.19 bits per heavy atom. The lowest BCUT2D eigenvalue weighted by Crippen LogP contribution is -2.30. The van der Waals surface area contributed by atoms with Gasteiger partial charge in [-0.1, -0.05) is 93.9 Å². The van der Waals surface area contributed by atoms with Gasteiger partial charge in [0.1, 0.15) is 11.5 Å². The van der Waals surface area contributed by atoms with Crippen LogP contribution in [-0.4, -0.2) is 23.4 Å². The number of aliphatic hydroxyl groups excluding tert-OH is 1. The van der Waals surface area contributed by atoms with Crippen LogP contribution >= 0.6 is 0 Å². The van der Waals surface area contributed by atoms with E-state index in [4.69, 9.17) is 4.74 Å². The van der Waals surface area contributed by atoms with Crippen LogP contribution in [0.25, 0.3) is 5.76 Å². The Morgan fingerprint density at radius 1 is 0.944 bits per heavy atom. The van der Waals surface area contributed by atoms with Gasteiger partial charge in [0.25, 0.3) is 11.7 Å². The number of nitrogens with zero attached hydrogens (tertiary/aromatic N) is 1.